The fraction of sp³-hybridized carbons (Fsp3) is 0.333. The minimum absolute atomic E-state index is 0.222. The van der Waals surface area contributed by atoms with E-state index in [9.17, 15) is 5.11 Å². The van der Waals surface area contributed by atoms with E-state index >= 15 is 0 Å². The van der Waals surface area contributed by atoms with Crippen molar-refractivity contribution in [1.29, 1.82) is 0 Å². The van der Waals surface area contributed by atoms with E-state index in [-0.39, 0.29) is 5.41 Å². The highest BCUT2D eigenvalue weighted by Crippen LogP contribution is 2.38. The fourth-order valence-electron chi connectivity index (χ4n) is 2.54. The minimum Gasteiger partial charge on any atom is -0.379 e. The van der Waals surface area contributed by atoms with Gasteiger partial charge in [-0.15, -0.1) is 0 Å². The van der Waals surface area contributed by atoms with Gasteiger partial charge < -0.3 is 10.8 Å². The maximum Gasteiger partial charge on any atom is 0.130 e. The van der Waals surface area contributed by atoms with Crippen LogP contribution in [0.15, 0.2) is 60.7 Å². The zero-order valence-corrected chi connectivity index (χ0v) is 12.4. The molecule has 1 atom stereocenters. The van der Waals surface area contributed by atoms with Crippen LogP contribution < -0.4 is 5.73 Å². The molecule has 2 nitrogen and oxygen atoms in total. The highest BCUT2D eigenvalue weighted by Gasteiger charge is 2.43. The third kappa shape index (κ3) is 2.62. The average molecular weight is 269 g/mol. The molecule has 0 radical (unpaired) electrons. The number of benzene rings is 2. The Kier molecular flexibility index (Phi) is 3.98. The highest BCUT2D eigenvalue weighted by atomic mass is 16.3. The number of nitrogens with two attached hydrogens (primary N) is 1. The van der Waals surface area contributed by atoms with Crippen LogP contribution in [-0.4, -0.2) is 11.1 Å². The molecule has 0 aliphatic rings. The van der Waals surface area contributed by atoms with E-state index in [1.54, 1.807) is 0 Å². The van der Waals surface area contributed by atoms with Crippen molar-refractivity contribution in [2.75, 3.05) is 0 Å². The number of rotatable bonds is 3. The van der Waals surface area contributed by atoms with Crippen molar-refractivity contribution in [3.63, 3.8) is 0 Å². The first-order valence-corrected chi connectivity index (χ1v) is 6.96. The summed E-state index contributed by atoms with van der Waals surface area (Å²) < 4.78 is 0. The molecule has 2 rings (SSSR count). The Morgan fingerprint density at radius 1 is 0.800 bits per heavy atom. The third-order valence-electron chi connectivity index (χ3n) is 3.81. The van der Waals surface area contributed by atoms with Crippen LogP contribution in [0, 0.1) is 5.41 Å². The first kappa shape index (κ1) is 14.8. The lowest BCUT2D eigenvalue weighted by Crippen LogP contribution is -2.53. The Labute approximate surface area is 121 Å². The number of hydrogen-bond donors (Lipinski definition) is 2. The van der Waals surface area contributed by atoms with E-state index in [2.05, 4.69) is 20.8 Å². The van der Waals surface area contributed by atoms with Gasteiger partial charge in [-0.3, -0.25) is 0 Å². The largest absolute Gasteiger partial charge is 0.379 e. The van der Waals surface area contributed by atoms with Crippen LogP contribution in [0.2, 0.25) is 0 Å². The third-order valence-corrected chi connectivity index (χ3v) is 3.81. The summed E-state index contributed by atoms with van der Waals surface area (Å²) in [6.45, 7) is 6.15. The van der Waals surface area contributed by atoms with Crippen molar-refractivity contribution in [2.24, 2.45) is 11.1 Å². The van der Waals surface area contributed by atoms with Crippen LogP contribution in [0.4, 0.5) is 0 Å². The second kappa shape index (κ2) is 5.39. The Hall–Kier alpha value is -1.64. The molecule has 20 heavy (non-hydrogen) atoms. The molecule has 0 aromatic heterocycles. The maximum atomic E-state index is 11.4. The van der Waals surface area contributed by atoms with E-state index in [1.165, 1.54) is 0 Å². The molecule has 2 aromatic rings. The summed E-state index contributed by atoms with van der Waals surface area (Å²) in [4.78, 5) is 0. The van der Waals surface area contributed by atoms with E-state index in [0.717, 1.165) is 11.1 Å². The van der Waals surface area contributed by atoms with Crippen molar-refractivity contribution in [2.45, 2.75) is 32.4 Å². The summed E-state index contributed by atoms with van der Waals surface area (Å²) in [6.07, 6.45) is 0. The fourth-order valence-corrected chi connectivity index (χ4v) is 2.54. The molecule has 3 N–H and O–H groups in total. The lowest BCUT2D eigenvalue weighted by atomic mass is 9.70. The second-order valence-electron chi connectivity index (χ2n) is 6.34. The molecular weight excluding hydrogens is 246 g/mol. The summed E-state index contributed by atoms with van der Waals surface area (Å²) in [6, 6.07) is 18.9. The molecule has 0 aliphatic carbocycles. The van der Waals surface area contributed by atoms with Gasteiger partial charge in [0, 0.05) is 6.04 Å². The summed E-state index contributed by atoms with van der Waals surface area (Å²) in [7, 11) is 0. The van der Waals surface area contributed by atoms with Gasteiger partial charge in [0.1, 0.15) is 5.60 Å². The van der Waals surface area contributed by atoms with Gasteiger partial charge in [-0.05, 0) is 16.5 Å². The summed E-state index contributed by atoms with van der Waals surface area (Å²) in [5, 5.41) is 11.4. The van der Waals surface area contributed by atoms with Crippen LogP contribution in [0.1, 0.15) is 31.9 Å². The standard InChI is InChI=1S/C18H23NO/c1-17(2,3)16(19)18(20,14-10-6-4-7-11-14)15-12-8-5-9-13-15/h4-13,16,20H,19H2,1-3H3. The van der Waals surface area contributed by atoms with Gasteiger partial charge in [0.2, 0.25) is 0 Å². The predicted molar refractivity (Wildman–Crippen MR) is 83.3 cm³/mol. The van der Waals surface area contributed by atoms with Gasteiger partial charge in [-0.1, -0.05) is 81.4 Å². The predicted octanol–water partition coefficient (Wildman–Crippen LogP) is 3.30. The van der Waals surface area contributed by atoms with Gasteiger partial charge in [0.15, 0.2) is 0 Å². The van der Waals surface area contributed by atoms with Crippen LogP contribution in [0.25, 0.3) is 0 Å². The molecular formula is C18H23NO. The van der Waals surface area contributed by atoms with E-state index in [0.29, 0.717) is 0 Å². The number of aliphatic hydroxyl groups is 1. The Morgan fingerprint density at radius 2 is 1.15 bits per heavy atom. The second-order valence-corrected chi connectivity index (χ2v) is 6.34. The summed E-state index contributed by atoms with van der Waals surface area (Å²) >= 11 is 0. The molecule has 106 valence electrons. The monoisotopic (exact) mass is 269 g/mol. The molecule has 0 fully saturated rings. The van der Waals surface area contributed by atoms with E-state index < -0.39 is 11.6 Å². The molecule has 0 amide bonds. The molecule has 0 spiro atoms. The zero-order chi connectivity index (χ0) is 14.8. The Bertz CT molecular complexity index is 503. The Balaban J connectivity index is 2.61. The molecule has 0 saturated carbocycles. The first-order chi connectivity index (χ1) is 9.37. The molecule has 0 heterocycles. The van der Waals surface area contributed by atoms with Gasteiger partial charge in [-0.25, -0.2) is 0 Å². The Morgan fingerprint density at radius 3 is 1.45 bits per heavy atom. The smallest absolute Gasteiger partial charge is 0.130 e. The molecule has 2 heteroatoms. The summed E-state index contributed by atoms with van der Waals surface area (Å²) in [5.41, 5.74) is 6.68. The molecule has 1 unspecified atom stereocenters. The maximum absolute atomic E-state index is 11.4. The minimum atomic E-state index is -1.19. The SMILES string of the molecule is CC(C)(C)C(N)C(O)(c1ccccc1)c1ccccc1. The lowest BCUT2D eigenvalue weighted by Gasteiger charge is -2.42. The van der Waals surface area contributed by atoms with Crippen LogP contribution in [0.5, 0.6) is 0 Å². The normalized spacial score (nSPS) is 14.1. The van der Waals surface area contributed by atoms with Gasteiger partial charge in [-0.2, -0.15) is 0 Å². The van der Waals surface area contributed by atoms with E-state index in [4.69, 9.17) is 5.73 Å². The van der Waals surface area contributed by atoms with Crippen molar-refractivity contribution in [1.82, 2.24) is 0 Å². The highest BCUT2D eigenvalue weighted by molar-refractivity contribution is 5.38. The molecule has 2 aromatic carbocycles. The van der Waals surface area contributed by atoms with E-state index in [1.807, 2.05) is 60.7 Å². The van der Waals surface area contributed by atoms with Crippen LogP contribution >= 0.6 is 0 Å². The van der Waals surface area contributed by atoms with Gasteiger partial charge in [0.25, 0.3) is 0 Å². The quantitative estimate of drug-likeness (QED) is 0.898. The van der Waals surface area contributed by atoms with Crippen molar-refractivity contribution >= 4 is 0 Å². The average Bonchev–Trinajstić information content (AvgIpc) is 2.46. The van der Waals surface area contributed by atoms with Gasteiger partial charge in [0.05, 0.1) is 0 Å². The molecule has 0 bridgehead atoms. The molecule has 0 aliphatic heterocycles. The van der Waals surface area contributed by atoms with Gasteiger partial charge >= 0.3 is 0 Å². The topological polar surface area (TPSA) is 46.2 Å². The lowest BCUT2D eigenvalue weighted by molar-refractivity contribution is 0.0111. The number of hydrogen-bond acceptors (Lipinski definition) is 2. The van der Waals surface area contributed by atoms with Crippen LogP contribution in [0.3, 0.4) is 0 Å². The molecule has 0 saturated heterocycles. The van der Waals surface area contributed by atoms with Crippen LogP contribution in [-0.2, 0) is 5.60 Å². The van der Waals surface area contributed by atoms with Crippen molar-refractivity contribution in [3.8, 4) is 0 Å². The van der Waals surface area contributed by atoms with Crippen molar-refractivity contribution in [3.05, 3.63) is 71.8 Å². The first-order valence-electron chi connectivity index (χ1n) is 6.96. The summed E-state index contributed by atoms with van der Waals surface area (Å²) in [5.74, 6) is 0. The zero-order valence-electron chi connectivity index (χ0n) is 12.4. The van der Waals surface area contributed by atoms with Crippen molar-refractivity contribution < 1.29 is 5.11 Å².